The number of carbonyl (C=O) groups is 1. The van der Waals surface area contributed by atoms with E-state index >= 15 is 0 Å². The largest absolute Gasteiger partial charge is 0.496 e. The monoisotopic (exact) mass is 360 g/mol. The number of H-pyrrole nitrogens is 1. The molecule has 2 aromatic carbocycles. The minimum Gasteiger partial charge on any atom is -0.496 e. The summed E-state index contributed by atoms with van der Waals surface area (Å²) in [5.41, 5.74) is 2.28. The smallest absolute Gasteiger partial charge is 0.268 e. The van der Waals surface area contributed by atoms with Crippen molar-refractivity contribution >= 4 is 16.8 Å². The van der Waals surface area contributed by atoms with Gasteiger partial charge in [0.2, 0.25) is 0 Å². The summed E-state index contributed by atoms with van der Waals surface area (Å²) in [5, 5.41) is 4.09. The molecule has 0 saturated heterocycles. The second-order valence-corrected chi connectivity index (χ2v) is 6.32. The number of hydrogen-bond acceptors (Lipinski definition) is 3. The first-order valence-corrected chi connectivity index (χ1v) is 8.66. The minimum absolute atomic E-state index is 0.204. The van der Waals surface area contributed by atoms with Crippen molar-refractivity contribution in [2.45, 2.75) is 6.04 Å². The van der Waals surface area contributed by atoms with Crippen molar-refractivity contribution in [2.75, 3.05) is 7.11 Å². The van der Waals surface area contributed by atoms with E-state index in [-0.39, 0.29) is 5.91 Å². The molecule has 0 saturated carbocycles. The van der Waals surface area contributed by atoms with Gasteiger partial charge >= 0.3 is 0 Å². The molecule has 0 bridgehead atoms. The van der Waals surface area contributed by atoms with Crippen molar-refractivity contribution in [3.05, 3.63) is 84.1 Å². The average molecular weight is 360 g/mol. The van der Waals surface area contributed by atoms with E-state index in [0.717, 1.165) is 22.3 Å². The van der Waals surface area contributed by atoms with Crippen LogP contribution < -0.4 is 10.1 Å². The van der Waals surface area contributed by atoms with E-state index in [1.54, 1.807) is 13.3 Å². The number of aryl methyl sites for hydroxylation is 1. The molecule has 0 aliphatic rings. The van der Waals surface area contributed by atoms with Crippen LogP contribution in [0.25, 0.3) is 10.9 Å². The molecule has 2 heterocycles. The van der Waals surface area contributed by atoms with E-state index in [0.29, 0.717) is 11.4 Å². The number of hydrogen-bond donors (Lipinski definition) is 2. The first kappa shape index (κ1) is 16.9. The van der Waals surface area contributed by atoms with Gasteiger partial charge < -0.3 is 19.6 Å². The van der Waals surface area contributed by atoms with Crippen LogP contribution >= 0.6 is 0 Å². The van der Waals surface area contributed by atoms with Gasteiger partial charge in [0.25, 0.3) is 5.91 Å². The van der Waals surface area contributed by atoms with Gasteiger partial charge in [-0.15, -0.1) is 0 Å². The number of imidazole rings is 1. The molecule has 6 nitrogen and oxygen atoms in total. The number of nitrogens with zero attached hydrogens (tertiary/aromatic N) is 2. The fraction of sp³-hybridized carbons (Fsp3) is 0.143. The zero-order chi connectivity index (χ0) is 18.8. The number of ether oxygens (including phenoxy) is 1. The fourth-order valence-corrected chi connectivity index (χ4v) is 3.25. The van der Waals surface area contributed by atoms with Gasteiger partial charge in [-0.25, -0.2) is 4.98 Å². The van der Waals surface area contributed by atoms with Crippen LogP contribution in [0.15, 0.2) is 67.0 Å². The lowest BCUT2D eigenvalue weighted by Gasteiger charge is -2.21. The summed E-state index contributed by atoms with van der Waals surface area (Å²) in [6.07, 6.45) is 3.57. The predicted octanol–water partition coefficient (Wildman–Crippen LogP) is 3.43. The van der Waals surface area contributed by atoms with Crippen LogP contribution in [0.2, 0.25) is 0 Å². The molecule has 0 spiro atoms. The summed E-state index contributed by atoms with van der Waals surface area (Å²) < 4.78 is 7.39. The standard InChI is InChI=1S/C21H20N4O2/c1-25-12-11-22-20(25)19(15-8-4-6-10-18(15)27-2)24-21(26)17-13-14-7-3-5-9-16(14)23-17/h3-13,19,23H,1-2H3,(H,24,26). The Kier molecular flexibility index (Phi) is 4.38. The zero-order valence-electron chi connectivity index (χ0n) is 15.1. The first-order valence-electron chi connectivity index (χ1n) is 8.66. The maximum Gasteiger partial charge on any atom is 0.268 e. The molecule has 27 heavy (non-hydrogen) atoms. The lowest BCUT2D eigenvalue weighted by molar-refractivity contribution is 0.0936. The number of carbonyl (C=O) groups excluding carboxylic acids is 1. The Labute approximate surface area is 156 Å². The summed E-state index contributed by atoms with van der Waals surface area (Å²) in [4.78, 5) is 20.6. The summed E-state index contributed by atoms with van der Waals surface area (Å²) in [6, 6.07) is 16.8. The van der Waals surface area contributed by atoms with Crippen LogP contribution in [0.1, 0.15) is 27.9 Å². The van der Waals surface area contributed by atoms with Crippen molar-refractivity contribution in [2.24, 2.45) is 7.05 Å². The SMILES string of the molecule is COc1ccccc1C(NC(=O)c1cc2ccccc2[nH]1)c1nccn1C. The van der Waals surface area contributed by atoms with Gasteiger partial charge in [0, 0.05) is 35.9 Å². The van der Waals surface area contributed by atoms with Crippen LogP contribution in [0, 0.1) is 0 Å². The van der Waals surface area contributed by atoms with Crippen LogP contribution in [0.4, 0.5) is 0 Å². The van der Waals surface area contributed by atoms with E-state index in [4.69, 9.17) is 4.74 Å². The Balaban J connectivity index is 1.73. The second-order valence-electron chi connectivity index (χ2n) is 6.32. The molecule has 2 N–H and O–H groups in total. The highest BCUT2D eigenvalue weighted by Crippen LogP contribution is 2.29. The van der Waals surface area contributed by atoms with Gasteiger partial charge in [0.15, 0.2) is 0 Å². The van der Waals surface area contributed by atoms with Crippen LogP contribution in [0.5, 0.6) is 5.75 Å². The van der Waals surface area contributed by atoms with Crippen molar-refractivity contribution < 1.29 is 9.53 Å². The van der Waals surface area contributed by atoms with Crippen molar-refractivity contribution in [1.29, 1.82) is 0 Å². The van der Waals surface area contributed by atoms with Crippen molar-refractivity contribution in [1.82, 2.24) is 19.9 Å². The summed E-state index contributed by atoms with van der Waals surface area (Å²) in [6.45, 7) is 0. The van der Waals surface area contributed by atoms with Crippen molar-refractivity contribution in [3.63, 3.8) is 0 Å². The molecule has 0 aliphatic carbocycles. The molecule has 1 unspecified atom stereocenters. The highest BCUT2D eigenvalue weighted by atomic mass is 16.5. The van der Waals surface area contributed by atoms with Gasteiger partial charge in [-0.2, -0.15) is 0 Å². The number of nitrogens with one attached hydrogen (secondary N) is 2. The van der Waals surface area contributed by atoms with E-state index in [1.165, 1.54) is 0 Å². The third kappa shape index (κ3) is 3.17. The summed E-state index contributed by atoms with van der Waals surface area (Å²) in [7, 11) is 3.52. The number of benzene rings is 2. The molecule has 6 heteroatoms. The summed E-state index contributed by atoms with van der Waals surface area (Å²) >= 11 is 0. The number of rotatable bonds is 5. The van der Waals surface area contributed by atoms with Crippen LogP contribution in [0.3, 0.4) is 0 Å². The van der Waals surface area contributed by atoms with E-state index in [2.05, 4.69) is 15.3 Å². The maximum atomic E-state index is 13.0. The number of methoxy groups -OCH3 is 1. The number of aromatic nitrogens is 3. The van der Waals surface area contributed by atoms with Crippen LogP contribution in [-0.4, -0.2) is 27.6 Å². The maximum absolute atomic E-state index is 13.0. The molecule has 4 rings (SSSR count). The number of para-hydroxylation sites is 2. The van der Waals surface area contributed by atoms with Gasteiger partial charge in [0.1, 0.15) is 23.3 Å². The lowest BCUT2D eigenvalue weighted by atomic mass is 10.0. The van der Waals surface area contributed by atoms with Crippen molar-refractivity contribution in [3.8, 4) is 5.75 Å². The second kappa shape index (κ2) is 6.99. The Morgan fingerprint density at radius 3 is 2.70 bits per heavy atom. The van der Waals surface area contributed by atoms with Crippen LogP contribution in [-0.2, 0) is 7.05 Å². The molecule has 1 atom stereocenters. The highest BCUT2D eigenvalue weighted by Gasteiger charge is 2.24. The van der Waals surface area contributed by atoms with E-state index in [9.17, 15) is 4.79 Å². The zero-order valence-corrected chi connectivity index (χ0v) is 15.1. The lowest BCUT2D eigenvalue weighted by Crippen LogP contribution is -2.31. The van der Waals surface area contributed by atoms with E-state index in [1.807, 2.05) is 72.4 Å². The first-order chi connectivity index (χ1) is 13.2. The average Bonchev–Trinajstić information content (AvgIpc) is 3.32. The Bertz CT molecular complexity index is 1060. The molecule has 136 valence electrons. The molecule has 2 aromatic heterocycles. The molecule has 1 amide bonds. The summed E-state index contributed by atoms with van der Waals surface area (Å²) in [5.74, 6) is 1.22. The third-order valence-corrected chi connectivity index (χ3v) is 4.62. The minimum atomic E-state index is -0.444. The Hall–Kier alpha value is -3.54. The number of aromatic amines is 1. The fourth-order valence-electron chi connectivity index (χ4n) is 3.25. The van der Waals surface area contributed by atoms with Gasteiger partial charge in [-0.3, -0.25) is 4.79 Å². The van der Waals surface area contributed by atoms with E-state index < -0.39 is 6.04 Å². The topological polar surface area (TPSA) is 71.9 Å². The molecule has 0 aliphatic heterocycles. The molecule has 0 fully saturated rings. The number of fused-ring (bicyclic) bond motifs is 1. The van der Waals surface area contributed by atoms with Gasteiger partial charge in [0.05, 0.1) is 7.11 Å². The third-order valence-electron chi connectivity index (χ3n) is 4.62. The molecular formula is C21H20N4O2. The van der Waals surface area contributed by atoms with Gasteiger partial charge in [-0.1, -0.05) is 36.4 Å². The molecule has 4 aromatic rings. The highest BCUT2D eigenvalue weighted by molar-refractivity contribution is 5.98. The normalized spacial score (nSPS) is 12.1. The Morgan fingerprint density at radius 1 is 1.19 bits per heavy atom. The number of amides is 1. The predicted molar refractivity (Wildman–Crippen MR) is 104 cm³/mol. The quantitative estimate of drug-likeness (QED) is 0.573. The molecular weight excluding hydrogens is 340 g/mol. The Morgan fingerprint density at radius 2 is 1.96 bits per heavy atom. The molecule has 0 radical (unpaired) electrons. The van der Waals surface area contributed by atoms with Gasteiger partial charge in [-0.05, 0) is 18.2 Å².